The molecule has 2 aromatic heterocycles. The van der Waals surface area contributed by atoms with Gasteiger partial charge in [-0.25, -0.2) is 9.37 Å². The summed E-state index contributed by atoms with van der Waals surface area (Å²) in [6, 6.07) is 1.92. The summed E-state index contributed by atoms with van der Waals surface area (Å²) in [6.07, 6.45) is 3.22. The number of aryl methyl sites for hydroxylation is 1. The van der Waals surface area contributed by atoms with Gasteiger partial charge in [-0.15, -0.1) is 0 Å². The molecule has 3 heteroatoms. The van der Waals surface area contributed by atoms with Crippen molar-refractivity contribution in [2.75, 3.05) is 0 Å². The first kappa shape index (κ1) is 10.1. The summed E-state index contributed by atoms with van der Waals surface area (Å²) in [7, 11) is 1.92. The molecular weight excluding hydrogens is 191 g/mol. The number of nitrogens with zero attached hydrogens (tertiary/aromatic N) is 2. The first-order chi connectivity index (χ1) is 6.91. The molecular formula is C12H15FN2. The zero-order valence-corrected chi connectivity index (χ0v) is 9.50. The Morgan fingerprint density at radius 1 is 1.33 bits per heavy atom. The van der Waals surface area contributed by atoms with E-state index in [2.05, 4.69) is 4.98 Å². The van der Waals surface area contributed by atoms with Gasteiger partial charge < -0.3 is 4.57 Å². The van der Waals surface area contributed by atoms with Crippen molar-refractivity contribution in [3.05, 3.63) is 29.8 Å². The van der Waals surface area contributed by atoms with Crippen molar-refractivity contribution in [1.29, 1.82) is 0 Å². The van der Waals surface area contributed by atoms with Crippen LogP contribution in [-0.2, 0) is 12.5 Å². The van der Waals surface area contributed by atoms with Crippen LogP contribution in [0.3, 0.4) is 0 Å². The highest BCUT2D eigenvalue weighted by molar-refractivity contribution is 5.81. The molecule has 0 fully saturated rings. The number of fused-ring (bicyclic) bond motifs is 1. The van der Waals surface area contributed by atoms with Crippen molar-refractivity contribution in [3.8, 4) is 0 Å². The molecule has 0 bridgehead atoms. The van der Waals surface area contributed by atoms with Crippen LogP contribution in [0.1, 0.15) is 26.3 Å². The molecule has 0 aromatic carbocycles. The van der Waals surface area contributed by atoms with E-state index >= 15 is 0 Å². The molecule has 0 atom stereocenters. The lowest BCUT2D eigenvalue weighted by Gasteiger charge is -2.20. The van der Waals surface area contributed by atoms with Gasteiger partial charge in [0, 0.05) is 24.2 Å². The summed E-state index contributed by atoms with van der Waals surface area (Å²) in [4.78, 5) is 4.10. The molecule has 2 aromatic rings. The van der Waals surface area contributed by atoms with Crippen LogP contribution in [0, 0.1) is 5.82 Å². The highest BCUT2D eigenvalue weighted by Gasteiger charge is 2.22. The number of hydrogen-bond donors (Lipinski definition) is 0. The smallest absolute Gasteiger partial charge is 0.145 e. The maximum absolute atomic E-state index is 13.8. The van der Waals surface area contributed by atoms with E-state index in [1.807, 2.05) is 44.6 Å². The maximum atomic E-state index is 13.8. The van der Waals surface area contributed by atoms with Gasteiger partial charge in [-0.05, 0) is 11.5 Å². The van der Waals surface area contributed by atoms with Crippen LogP contribution >= 0.6 is 0 Å². The van der Waals surface area contributed by atoms with Gasteiger partial charge in [0.2, 0.25) is 0 Å². The molecule has 80 valence electrons. The Kier molecular flexibility index (Phi) is 2.07. The highest BCUT2D eigenvalue weighted by Crippen LogP contribution is 2.31. The number of aromatic nitrogens is 2. The number of halogens is 1. The third-order valence-electron chi connectivity index (χ3n) is 2.60. The average molecular weight is 206 g/mol. The van der Waals surface area contributed by atoms with Crippen molar-refractivity contribution >= 4 is 11.0 Å². The van der Waals surface area contributed by atoms with Crippen LogP contribution < -0.4 is 0 Å². The number of hydrogen-bond acceptors (Lipinski definition) is 1. The molecule has 0 radical (unpaired) electrons. The standard InChI is InChI=1S/C12H15FN2/c1-12(2,3)10-8-5-6-15(4)11(8)14-7-9(10)13/h5-7H,1-4H3. The molecule has 0 aliphatic rings. The van der Waals surface area contributed by atoms with Gasteiger partial charge in [0.05, 0.1) is 6.20 Å². The Bertz CT molecular complexity index is 506. The minimum atomic E-state index is -0.221. The lowest BCUT2D eigenvalue weighted by Crippen LogP contribution is -2.14. The SMILES string of the molecule is Cn1ccc2c(C(C)(C)C)c(F)cnc21. The van der Waals surface area contributed by atoms with Crippen molar-refractivity contribution in [2.24, 2.45) is 7.05 Å². The summed E-state index contributed by atoms with van der Waals surface area (Å²) >= 11 is 0. The van der Waals surface area contributed by atoms with Crippen LogP contribution in [0.4, 0.5) is 4.39 Å². The Hall–Kier alpha value is -1.38. The summed E-state index contributed by atoms with van der Waals surface area (Å²) < 4.78 is 15.7. The molecule has 2 heterocycles. The van der Waals surface area contributed by atoms with E-state index in [0.717, 1.165) is 16.6 Å². The van der Waals surface area contributed by atoms with E-state index in [-0.39, 0.29) is 11.2 Å². The van der Waals surface area contributed by atoms with Crippen molar-refractivity contribution in [1.82, 2.24) is 9.55 Å². The zero-order chi connectivity index (χ0) is 11.2. The fourth-order valence-corrected chi connectivity index (χ4v) is 1.95. The molecule has 0 saturated heterocycles. The van der Waals surface area contributed by atoms with Crippen LogP contribution in [0.5, 0.6) is 0 Å². The first-order valence-electron chi connectivity index (χ1n) is 5.01. The molecule has 0 unspecified atom stereocenters. The Labute approximate surface area is 88.7 Å². The molecule has 2 nitrogen and oxygen atoms in total. The summed E-state index contributed by atoms with van der Waals surface area (Å²) in [6.45, 7) is 6.04. The molecule has 0 amide bonds. The first-order valence-corrected chi connectivity index (χ1v) is 5.01. The van der Waals surface area contributed by atoms with E-state index in [4.69, 9.17) is 0 Å². The molecule has 2 rings (SSSR count). The lowest BCUT2D eigenvalue weighted by atomic mass is 9.85. The van der Waals surface area contributed by atoms with Gasteiger partial charge in [0.1, 0.15) is 11.5 Å². The zero-order valence-electron chi connectivity index (χ0n) is 9.50. The highest BCUT2D eigenvalue weighted by atomic mass is 19.1. The minimum Gasteiger partial charge on any atom is -0.336 e. The van der Waals surface area contributed by atoms with Gasteiger partial charge in [-0.3, -0.25) is 0 Å². The fraction of sp³-hybridized carbons (Fsp3) is 0.417. The quantitative estimate of drug-likeness (QED) is 0.648. The van der Waals surface area contributed by atoms with Crippen LogP contribution in [-0.4, -0.2) is 9.55 Å². The second-order valence-electron chi connectivity index (χ2n) is 4.90. The maximum Gasteiger partial charge on any atom is 0.145 e. The third-order valence-corrected chi connectivity index (χ3v) is 2.60. The Morgan fingerprint density at radius 3 is 2.60 bits per heavy atom. The molecule has 15 heavy (non-hydrogen) atoms. The topological polar surface area (TPSA) is 17.8 Å². The van der Waals surface area contributed by atoms with Crippen molar-refractivity contribution in [2.45, 2.75) is 26.2 Å². The van der Waals surface area contributed by atoms with E-state index < -0.39 is 0 Å². The predicted molar refractivity (Wildman–Crippen MR) is 59.4 cm³/mol. The predicted octanol–water partition coefficient (Wildman–Crippen LogP) is 3.01. The molecule has 0 saturated carbocycles. The van der Waals surface area contributed by atoms with E-state index in [1.54, 1.807) is 0 Å². The van der Waals surface area contributed by atoms with Crippen LogP contribution in [0.2, 0.25) is 0 Å². The van der Waals surface area contributed by atoms with Gasteiger partial charge in [-0.1, -0.05) is 20.8 Å². The average Bonchev–Trinajstić information content (AvgIpc) is 2.45. The van der Waals surface area contributed by atoms with E-state index in [9.17, 15) is 4.39 Å². The van der Waals surface area contributed by atoms with E-state index in [0.29, 0.717) is 0 Å². The van der Waals surface area contributed by atoms with Gasteiger partial charge in [-0.2, -0.15) is 0 Å². The van der Waals surface area contributed by atoms with E-state index in [1.165, 1.54) is 6.20 Å². The second-order valence-corrected chi connectivity index (χ2v) is 4.90. The largest absolute Gasteiger partial charge is 0.336 e. The summed E-state index contributed by atoms with van der Waals surface area (Å²) in [5.41, 5.74) is 1.38. The van der Waals surface area contributed by atoms with Crippen LogP contribution in [0.15, 0.2) is 18.5 Å². The van der Waals surface area contributed by atoms with Crippen molar-refractivity contribution in [3.63, 3.8) is 0 Å². The van der Waals surface area contributed by atoms with Gasteiger partial charge >= 0.3 is 0 Å². The minimum absolute atomic E-state index is 0.202. The number of pyridine rings is 1. The molecule has 0 spiro atoms. The molecule has 0 N–H and O–H groups in total. The number of rotatable bonds is 0. The summed E-state index contributed by atoms with van der Waals surface area (Å²) in [5.74, 6) is -0.221. The Morgan fingerprint density at radius 2 is 2.00 bits per heavy atom. The molecule has 0 aliphatic carbocycles. The van der Waals surface area contributed by atoms with Gasteiger partial charge in [0.25, 0.3) is 0 Å². The Balaban J connectivity index is 2.87. The van der Waals surface area contributed by atoms with Gasteiger partial charge in [0.15, 0.2) is 0 Å². The molecule has 0 aliphatic heterocycles. The fourth-order valence-electron chi connectivity index (χ4n) is 1.95. The third kappa shape index (κ3) is 1.52. The second kappa shape index (κ2) is 3.05. The monoisotopic (exact) mass is 206 g/mol. The summed E-state index contributed by atoms with van der Waals surface area (Å²) in [5, 5.41) is 0.907. The van der Waals surface area contributed by atoms with Crippen molar-refractivity contribution < 1.29 is 4.39 Å². The normalized spacial score (nSPS) is 12.3. The van der Waals surface area contributed by atoms with Crippen LogP contribution in [0.25, 0.3) is 11.0 Å². The lowest BCUT2D eigenvalue weighted by molar-refractivity contribution is 0.525.